The third-order valence-electron chi connectivity index (χ3n) is 5.37. The highest BCUT2D eigenvalue weighted by Gasteiger charge is 2.28. The summed E-state index contributed by atoms with van der Waals surface area (Å²) in [5.74, 6) is 0.386. The predicted octanol–water partition coefficient (Wildman–Crippen LogP) is 2.05. The van der Waals surface area contributed by atoms with E-state index in [1.807, 2.05) is 42.2 Å². The van der Waals surface area contributed by atoms with Crippen LogP contribution in [0.1, 0.15) is 41.2 Å². The van der Waals surface area contributed by atoms with Gasteiger partial charge in [-0.1, -0.05) is 12.1 Å². The maximum atomic E-state index is 12.5. The minimum absolute atomic E-state index is 0.107. The molecule has 0 saturated carbocycles. The van der Waals surface area contributed by atoms with E-state index < -0.39 is 5.91 Å². The zero-order valence-corrected chi connectivity index (χ0v) is 17.8. The zero-order valence-electron chi connectivity index (χ0n) is 17.8. The van der Waals surface area contributed by atoms with Gasteiger partial charge < -0.3 is 20.3 Å². The van der Waals surface area contributed by atoms with Gasteiger partial charge in [0.2, 0.25) is 17.8 Å². The van der Waals surface area contributed by atoms with Gasteiger partial charge >= 0.3 is 0 Å². The third-order valence-corrected chi connectivity index (χ3v) is 5.37. The Kier molecular flexibility index (Phi) is 6.99. The summed E-state index contributed by atoms with van der Waals surface area (Å²) in [7, 11) is 5.41. The first-order chi connectivity index (χ1) is 14.4. The highest BCUT2D eigenvalue weighted by molar-refractivity contribution is 5.93. The minimum Gasteiger partial charge on any atom is -0.384 e. The van der Waals surface area contributed by atoms with E-state index >= 15 is 0 Å². The number of carbonyl (C=O) groups excluding carboxylic acids is 2. The van der Waals surface area contributed by atoms with Crippen molar-refractivity contribution in [3.05, 3.63) is 41.7 Å². The van der Waals surface area contributed by atoms with Gasteiger partial charge in [-0.25, -0.2) is 9.97 Å². The predicted molar refractivity (Wildman–Crippen MR) is 115 cm³/mol. The Morgan fingerprint density at radius 3 is 2.63 bits per heavy atom. The van der Waals surface area contributed by atoms with Crippen molar-refractivity contribution in [2.45, 2.75) is 25.2 Å². The molecule has 1 aliphatic rings. The summed E-state index contributed by atoms with van der Waals surface area (Å²) in [6.07, 6.45) is 4.08. The molecule has 3 rings (SSSR count). The van der Waals surface area contributed by atoms with Crippen LogP contribution in [-0.2, 0) is 9.53 Å². The number of anilines is 1. The van der Waals surface area contributed by atoms with E-state index in [1.165, 1.54) is 0 Å². The zero-order chi connectivity index (χ0) is 21.7. The average molecular weight is 412 g/mol. The molecule has 2 heterocycles. The van der Waals surface area contributed by atoms with E-state index in [0.717, 1.165) is 36.2 Å². The summed E-state index contributed by atoms with van der Waals surface area (Å²) in [6, 6.07) is 7.15. The number of benzene rings is 1. The molecule has 160 valence electrons. The summed E-state index contributed by atoms with van der Waals surface area (Å²) in [5.41, 5.74) is 8.57. The number of nitrogens with zero attached hydrogens (tertiary/aromatic N) is 4. The fraction of sp³-hybridized carbons (Fsp3) is 0.455. The Balaban J connectivity index is 1.94. The molecule has 1 atom stereocenters. The number of hydrogen-bond acceptors (Lipinski definition) is 6. The Morgan fingerprint density at radius 1 is 1.27 bits per heavy atom. The molecule has 8 heteroatoms. The molecule has 0 bridgehead atoms. The van der Waals surface area contributed by atoms with E-state index in [4.69, 9.17) is 15.5 Å². The van der Waals surface area contributed by atoms with Crippen molar-refractivity contribution in [1.82, 2.24) is 14.9 Å². The van der Waals surface area contributed by atoms with Gasteiger partial charge in [-0.15, -0.1) is 0 Å². The van der Waals surface area contributed by atoms with Crippen LogP contribution in [0, 0.1) is 0 Å². The van der Waals surface area contributed by atoms with Crippen LogP contribution in [0.2, 0.25) is 0 Å². The lowest BCUT2D eigenvalue weighted by Gasteiger charge is -2.33. The molecule has 2 amide bonds. The lowest BCUT2D eigenvalue weighted by molar-refractivity contribution is -0.133. The van der Waals surface area contributed by atoms with Gasteiger partial charge in [0.25, 0.3) is 0 Å². The molecule has 0 aliphatic carbocycles. The smallest absolute Gasteiger partial charge is 0.248 e. The number of carbonyl (C=O) groups is 2. The summed E-state index contributed by atoms with van der Waals surface area (Å²) in [5, 5.41) is 0. The first-order valence-corrected chi connectivity index (χ1v) is 10.1. The SMILES string of the molecule is COCCC(=O)N1CCC[C@H](c2nc(N(C)C)ncc2-c2ccc(C(N)=O)cc2)C1. The molecule has 1 aromatic heterocycles. The second kappa shape index (κ2) is 9.67. The topological polar surface area (TPSA) is 102 Å². The Labute approximate surface area is 177 Å². The number of rotatable bonds is 7. The van der Waals surface area contributed by atoms with Gasteiger partial charge in [0, 0.05) is 57.5 Å². The maximum absolute atomic E-state index is 12.5. The molecule has 30 heavy (non-hydrogen) atoms. The minimum atomic E-state index is -0.460. The highest BCUT2D eigenvalue weighted by Crippen LogP contribution is 2.34. The summed E-state index contributed by atoms with van der Waals surface area (Å²) in [6.45, 7) is 1.81. The Morgan fingerprint density at radius 2 is 2.00 bits per heavy atom. The average Bonchev–Trinajstić information content (AvgIpc) is 2.77. The second-order valence-corrected chi connectivity index (χ2v) is 7.73. The number of aromatic nitrogens is 2. The van der Waals surface area contributed by atoms with E-state index in [1.54, 1.807) is 19.2 Å². The molecule has 1 saturated heterocycles. The molecule has 0 spiro atoms. The normalized spacial score (nSPS) is 16.4. The van der Waals surface area contributed by atoms with Crippen LogP contribution >= 0.6 is 0 Å². The monoisotopic (exact) mass is 411 g/mol. The number of primary amides is 1. The fourth-order valence-electron chi connectivity index (χ4n) is 3.72. The van der Waals surface area contributed by atoms with E-state index in [9.17, 15) is 9.59 Å². The molecular weight excluding hydrogens is 382 g/mol. The first-order valence-electron chi connectivity index (χ1n) is 10.1. The van der Waals surface area contributed by atoms with Crippen molar-refractivity contribution < 1.29 is 14.3 Å². The maximum Gasteiger partial charge on any atom is 0.248 e. The van der Waals surface area contributed by atoms with Gasteiger partial charge in [-0.2, -0.15) is 0 Å². The van der Waals surface area contributed by atoms with Crippen LogP contribution < -0.4 is 10.6 Å². The van der Waals surface area contributed by atoms with Gasteiger partial charge in [-0.3, -0.25) is 9.59 Å². The molecule has 1 fully saturated rings. The lowest BCUT2D eigenvalue weighted by Crippen LogP contribution is -2.39. The van der Waals surface area contributed by atoms with Crippen molar-refractivity contribution in [3.63, 3.8) is 0 Å². The van der Waals surface area contributed by atoms with Crippen molar-refractivity contribution in [2.24, 2.45) is 5.73 Å². The molecule has 0 unspecified atom stereocenters. The number of methoxy groups -OCH3 is 1. The van der Waals surface area contributed by atoms with Crippen molar-refractivity contribution in [1.29, 1.82) is 0 Å². The standard InChI is InChI=1S/C22H29N5O3/c1-26(2)22-24-13-18(15-6-8-16(9-7-15)21(23)29)20(25-22)17-5-4-11-27(14-17)19(28)10-12-30-3/h6-9,13,17H,4-5,10-12,14H2,1-3H3,(H2,23,29)/t17-/m0/s1. The van der Waals surface area contributed by atoms with E-state index in [-0.39, 0.29) is 11.8 Å². The number of likely N-dealkylation sites (tertiary alicyclic amines) is 1. The molecule has 1 aliphatic heterocycles. The number of ether oxygens (including phenoxy) is 1. The van der Waals surface area contributed by atoms with Gasteiger partial charge in [0.05, 0.1) is 18.7 Å². The largest absolute Gasteiger partial charge is 0.384 e. The van der Waals surface area contributed by atoms with E-state index in [0.29, 0.717) is 31.1 Å². The van der Waals surface area contributed by atoms with Gasteiger partial charge in [-0.05, 0) is 30.5 Å². The van der Waals surface area contributed by atoms with E-state index in [2.05, 4.69) is 4.98 Å². The van der Waals surface area contributed by atoms with Crippen LogP contribution in [0.3, 0.4) is 0 Å². The van der Waals surface area contributed by atoms with Gasteiger partial charge in [0.1, 0.15) is 0 Å². The van der Waals surface area contributed by atoms with Gasteiger partial charge in [0.15, 0.2) is 0 Å². The Bertz CT molecular complexity index is 898. The number of nitrogens with two attached hydrogens (primary N) is 1. The Hall–Kier alpha value is -3.00. The number of hydrogen-bond donors (Lipinski definition) is 1. The van der Waals surface area contributed by atoms with Crippen molar-refractivity contribution in [2.75, 3.05) is 45.8 Å². The summed E-state index contributed by atoms with van der Waals surface area (Å²) < 4.78 is 5.05. The molecule has 2 N–H and O–H groups in total. The van der Waals surface area contributed by atoms with Crippen molar-refractivity contribution in [3.8, 4) is 11.1 Å². The molecule has 8 nitrogen and oxygen atoms in total. The number of amides is 2. The molecule has 1 aromatic carbocycles. The quantitative estimate of drug-likeness (QED) is 0.748. The van der Waals surface area contributed by atoms with Crippen LogP contribution in [-0.4, -0.2) is 67.6 Å². The fourth-order valence-corrected chi connectivity index (χ4v) is 3.72. The highest BCUT2D eigenvalue weighted by atomic mass is 16.5. The van der Waals surface area contributed by atoms with Crippen LogP contribution in [0.15, 0.2) is 30.5 Å². The second-order valence-electron chi connectivity index (χ2n) is 7.73. The lowest BCUT2D eigenvalue weighted by atomic mass is 9.89. The first kappa shape index (κ1) is 21.7. The molecule has 0 radical (unpaired) electrons. The third kappa shape index (κ3) is 4.94. The van der Waals surface area contributed by atoms with Crippen molar-refractivity contribution >= 4 is 17.8 Å². The van der Waals surface area contributed by atoms with Crippen LogP contribution in [0.4, 0.5) is 5.95 Å². The summed E-state index contributed by atoms with van der Waals surface area (Å²) in [4.78, 5) is 37.0. The summed E-state index contributed by atoms with van der Waals surface area (Å²) >= 11 is 0. The molecule has 2 aromatic rings. The number of piperidine rings is 1. The van der Waals surface area contributed by atoms with Crippen LogP contribution in [0.25, 0.3) is 11.1 Å². The molecular formula is C22H29N5O3. The van der Waals surface area contributed by atoms with Crippen LogP contribution in [0.5, 0.6) is 0 Å².